The zero-order valence-corrected chi connectivity index (χ0v) is 9.30. The predicted octanol–water partition coefficient (Wildman–Crippen LogP) is 0.690. The Morgan fingerprint density at radius 2 is 2.21 bits per heavy atom. The molecule has 1 unspecified atom stereocenters. The summed E-state index contributed by atoms with van der Waals surface area (Å²) in [4.78, 5) is 11.4. The molecule has 0 aromatic carbocycles. The first kappa shape index (κ1) is 13.4. The van der Waals surface area contributed by atoms with Gasteiger partial charge >= 0.3 is 0 Å². The van der Waals surface area contributed by atoms with Gasteiger partial charge in [0.15, 0.2) is 0 Å². The van der Waals surface area contributed by atoms with Gasteiger partial charge in [-0.3, -0.25) is 4.79 Å². The van der Waals surface area contributed by atoms with Crippen molar-refractivity contribution in [3.8, 4) is 0 Å². The summed E-state index contributed by atoms with van der Waals surface area (Å²) < 4.78 is 4.85. The number of aliphatic hydroxyl groups excluding tert-OH is 1. The molecule has 0 radical (unpaired) electrons. The molecule has 0 heterocycles. The monoisotopic (exact) mass is 203 g/mol. The highest BCUT2D eigenvalue weighted by Crippen LogP contribution is 2.08. The number of ether oxygens (including phenoxy) is 1. The molecular formula is C10H21NO3. The second-order valence-corrected chi connectivity index (χ2v) is 3.72. The molecular weight excluding hydrogens is 182 g/mol. The first-order chi connectivity index (χ1) is 6.58. The molecule has 4 nitrogen and oxygen atoms in total. The van der Waals surface area contributed by atoms with Crippen molar-refractivity contribution in [2.24, 2.45) is 0 Å². The number of methoxy groups -OCH3 is 1. The summed E-state index contributed by atoms with van der Waals surface area (Å²) in [6, 6.07) is 0. The molecule has 0 rings (SSSR count). The number of hydrogen-bond acceptors (Lipinski definition) is 3. The molecule has 2 N–H and O–H groups in total. The third-order valence-corrected chi connectivity index (χ3v) is 2.32. The van der Waals surface area contributed by atoms with Crippen molar-refractivity contribution in [2.45, 2.75) is 38.6 Å². The average Bonchev–Trinajstić information content (AvgIpc) is 2.18. The van der Waals surface area contributed by atoms with Crippen molar-refractivity contribution in [3.05, 3.63) is 0 Å². The highest BCUT2D eigenvalue weighted by molar-refractivity contribution is 5.76. The number of hydrogen-bond donors (Lipinski definition) is 2. The Bertz CT molecular complexity index is 167. The second kappa shape index (κ2) is 6.79. The molecule has 4 heteroatoms. The van der Waals surface area contributed by atoms with Crippen LogP contribution in [0.1, 0.15) is 33.1 Å². The van der Waals surface area contributed by atoms with Gasteiger partial charge in [0, 0.05) is 20.1 Å². The highest BCUT2D eigenvalue weighted by Gasteiger charge is 2.22. The third-order valence-electron chi connectivity index (χ3n) is 2.32. The number of carbonyl (C=O) groups excluding carboxylic acids is 1. The van der Waals surface area contributed by atoms with Crippen LogP contribution < -0.4 is 5.32 Å². The van der Waals surface area contributed by atoms with Crippen LogP contribution in [-0.4, -0.2) is 36.9 Å². The number of amides is 1. The normalized spacial score (nSPS) is 14.9. The van der Waals surface area contributed by atoms with Gasteiger partial charge < -0.3 is 15.2 Å². The molecule has 0 spiro atoms. The van der Waals surface area contributed by atoms with Crippen LogP contribution in [0.25, 0.3) is 0 Å². The molecule has 0 bridgehead atoms. The number of aliphatic hydroxyl groups is 1. The van der Waals surface area contributed by atoms with Gasteiger partial charge in [-0.25, -0.2) is 0 Å². The molecule has 0 aliphatic carbocycles. The van der Waals surface area contributed by atoms with Crippen molar-refractivity contribution in [2.75, 3.05) is 20.3 Å². The minimum absolute atomic E-state index is 0.0274. The fourth-order valence-corrected chi connectivity index (χ4v) is 1.02. The van der Waals surface area contributed by atoms with Crippen LogP contribution in [0.2, 0.25) is 0 Å². The smallest absolute Gasteiger partial charge is 0.220 e. The molecule has 84 valence electrons. The highest BCUT2D eigenvalue weighted by atomic mass is 16.5. The molecule has 0 aliphatic heterocycles. The van der Waals surface area contributed by atoms with E-state index < -0.39 is 5.54 Å². The van der Waals surface area contributed by atoms with E-state index in [4.69, 9.17) is 9.84 Å². The van der Waals surface area contributed by atoms with Gasteiger partial charge in [-0.2, -0.15) is 0 Å². The van der Waals surface area contributed by atoms with Gasteiger partial charge in [-0.1, -0.05) is 6.92 Å². The Kier molecular flexibility index (Phi) is 6.49. The van der Waals surface area contributed by atoms with E-state index in [0.29, 0.717) is 19.4 Å². The summed E-state index contributed by atoms with van der Waals surface area (Å²) in [5, 5.41) is 11.9. The molecule has 0 aromatic rings. The second-order valence-electron chi connectivity index (χ2n) is 3.72. The van der Waals surface area contributed by atoms with Crippen molar-refractivity contribution in [1.82, 2.24) is 5.32 Å². The Balaban J connectivity index is 3.80. The summed E-state index contributed by atoms with van der Waals surface area (Å²) >= 11 is 0. The summed E-state index contributed by atoms with van der Waals surface area (Å²) in [7, 11) is 1.61. The van der Waals surface area contributed by atoms with Gasteiger partial charge in [0.2, 0.25) is 5.91 Å². The van der Waals surface area contributed by atoms with Crippen LogP contribution in [0.4, 0.5) is 0 Å². The minimum atomic E-state index is -0.482. The SMILES string of the molecule is CCC(C)(CO)NC(=O)CCCOC. The summed E-state index contributed by atoms with van der Waals surface area (Å²) in [6.07, 6.45) is 1.89. The van der Waals surface area contributed by atoms with Gasteiger partial charge in [0.25, 0.3) is 0 Å². The maximum Gasteiger partial charge on any atom is 0.220 e. The largest absolute Gasteiger partial charge is 0.394 e. The van der Waals surface area contributed by atoms with E-state index in [2.05, 4.69) is 5.32 Å². The molecule has 0 aromatic heterocycles. The van der Waals surface area contributed by atoms with Crippen LogP contribution in [0, 0.1) is 0 Å². The summed E-state index contributed by atoms with van der Waals surface area (Å²) in [5.74, 6) is -0.0274. The first-order valence-electron chi connectivity index (χ1n) is 4.99. The van der Waals surface area contributed by atoms with E-state index in [0.717, 1.165) is 6.42 Å². The van der Waals surface area contributed by atoms with Crippen molar-refractivity contribution < 1.29 is 14.6 Å². The lowest BCUT2D eigenvalue weighted by Crippen LogP contribution is -2.48. The molecule has 1 amide bonds. The number of carbonyl (C=O) groups is 1. The van der Waals surface area contributed by atoms with E-state index >= 15 is 0 Å². The van der Waals surface area contributed by atoms with Crippen molar-refractivity contribution in [1.29, 1.82) is 0 Å². The lowest BCUT2D eigenvalue weighted by molar-refractivity contribution is -0.123. The number of nitrogens with one attached hydrogen (secondary N) is 1. The Morgan fingerprint density at radius 3 is 2.64 bits per heavy atom. The van der Waals surface area contributed by atoms with Crippen molar-refractivity contribution in [3.63, 3.8) is 0 Å². The number of rotatable bonds is 7. The van der Waals surface area contributed by atoms with E-state index in [-0.39, 0.29) is 12.5 Å². The molecule has 0 saturated carbocycles. The molecule has 14 heavy (non-hydrogen) atoms. The van der Waals surface area contributed by atoms with Crippen LogP contribution in [0.15, 0.2) is 0 Å². The molecule has 1 atom stereocenters. The van der Waals surface area contributed by atoms with Gasteiger partial charge in [-0.15, -0.1) is 0 Å². The van der Waals surface area contributed by atoms with Gasteiger partial charge in [0.05, 0.1) is 12.1 Å². The lowest BCUT2D eigenvalue weighted by atomic mass is 10.00. The maximum absolute atomic E-state index is 11.4. The predicted molar refractivity (Wildman–Crippen MR) is 55.0 cm³/mol. The third kappa shape index (κ3) is 5.19. The molecule has 0 aliphatic rings. The van der Waals surface area contributed by atoms with E-state index in [1.54, 1.807) is 7.11 Å². The van der Waals surface area contributed by atoms with E-state index in [1.165, 1.54) is 0 Å². The Labute approximate surface area is 85.6 Å². The van der Waals surface area contributed by atoms with Gasteiger partial charge in [0.1, 0.15) is 0 Å². The van der Waals surface area contributed by atoms with E-state index in [9.17, 15) is 4.79 Å². The first-order valence-corrected chi connectivity index (χ1v) is 4.99. The van der Waals surface area contributed by atoms with Crippen LogP contribution >= 0.6 is 0 Å². The lowest BCUT2D eigenvalue weighted by Gasteiger charge is -2.27. The van der Waals surface area contributed by atoms with E-state index in [1.807, 2.05) is 13.8 Å². The van der Waals surface area contributed by atoms with Crippen LogP contribution in [-0.2, 0) is 9.53 Å². The summed E-state index contributed by atoms with van der Waals surface area (Å²) in [6.45, 7) is 4.34. The van der Waals surface area contributed by atoms with Crippen LogP contribution in [0.3, 0.4) is 0 Å². The minimum Gasteiger partial charge on any atom is -0.394 e. The Morgan fingerprint density at radius 1 is 1.57 bits per heavy atom. The average molecular weight is 203 g/mol. The quantitative estimate of drug-likeness (QED) is 0.598. The fraction of sp³-hybridized carbons (Fsp3) is 0.900. The maximum atomic E-state index is 11.4. The molecule has 0 saturated heterocycles. The zero-order chi connectivity index (χ0) is 11.0. The zero-order valence-electron chi connectivity index (χ0n) is 9.30. The molecule has 0 fully saturated rings. The Hall–Kier alpha value is -0.610. The summed E-state index contributed by atoms with van der Waals surface area (Å²) in [5.41, 5.74) is -0.482. The topological polar surface area (TPSA) is 58.6 Å². The van der Waals surface area contributed by atoms with Crippen LogP contribution in [0.5, 0.6) is 0 Å². The van der Waals surface area contributed by atoms with Gasteiger partial charge in [-0.05, 0) is 19.8 Å². The van der Waals surface area contributed by atoms with Crippen molar-refractivity contribution >= 4 is 5.91 Å². The fourth-order valence-electron chi connectivity index (χ4n) is 1.02. The standard InChI is InChI=1S/C10H21NO3/c1-4-10(2,8-12)11-9(13)6-5-7-14-3/h12H,4-8H2,1-3H3,(H,11,13).